The summed E-state index contributed by atoms with van der Waals surface area (Å²) in [5.74, 6) is 0.251. The lowest BCUT2D eigenvalue weighted by Gasteiger charge is -2.09. The molecule has 0 radical (unpaired) electrons. The second kappa shape index (κ2) is 5.96. The average molecular weight is 278 g/mol. The van der Waals surface area contributed by atoms with Crippen molar-refractivity contribution in [1.82, 2.24) is 4.98 Å². The highest BCUT2D eigenvalue weighted by Crippen LogP contribution is 2.31. The van der Waals surface area contributed by atoms with Crippen LogP contribution >= 0.6 is 0 Å². The number of anilines is 2. The van der Waals surface area contributed by atoms with Gasteiger partial charge in [0, 0.05) is 6.07 Å². The predicted octanol–water partition coefficient (Wildman–Crippen LogP) is 2.06. The highest BCUT2D eigenvalue weighted by molar-refractivity contribution is 5.69. The zero-order valence-electron chi connectivity index (χ0n) is 11.0. The first kappa shape index (κ1) is 13.7. The van der Waals surface area contributed by atoms with Crippen LogP contribution in [0.25, 0.3) is 0 Å². The zero-order chi connectivity index (χ0) is 14.5. The molecule has 20 heavy (non-hydrogen) atoms. The predicted molar refractivity (Wildman–Crippen MR) is 70.7 cm³/mol. The summed E-state index contributed by atoms with van der Waals surface area (Å²) in [5, 5.41) is 11.6. The third-order valence-electron chi connectivity index (χ3n) is 2.53. The molecule has 2 aromatic rings. The molecule has 106 valence electrons. The Morgan fingerprint density at radius 3 is 2.85 bits per heavy atom. The van der Waals surface area contributed by atoms with Gasteiger partial charge >= 0.3 is 5.97 Å². The van der Waals surface area contributed by atoms with Gasteiger partial charge in [-0.2, -0.15) is 4.98 Å². The van der Waals surface area contributed by atoms with E-state index in [1.54, 1.807) is 25.3 Å². The Bertz CT molecular complexity index is 609. The lowest BCUT2D eigenvalue weighted by atomic mass is 10.2. The standard InChI is InChI=1S/C13H14N2O5/c1-18-9-3-4-10(11(6-9)19-2)15-13-14-8(7-20-13)5-12(16)17/h3-4,6-7H,5H2,1-2H3,(H,14,15)(H,16,17). The van der Waals surface area contributed by atoms with Crippen molar-refractivity contribution < 1.29 is 23.8 Å². The van der Waals surface area contributed by atoms with Crippen molar-refractivity contribution in [2.24, 2.45) is 0 Å². The van der Waals surface area contributed by atoms with Crippen molar-refractivity contribution in [3.63, 3.8) is 0 Å². The Hall–Kier alpha value is -2.70. The lowest BCUT2D eigenvalue weighted by molar-refractivity contribution is -0.136. The van der Waals surface area contributed by atoms with Crippen LogP contribution in [0.1, 0.15) is 5.69 Å². The first-order valence-electron chi connectivity index (χ1n) is 5.77. The van der Waals surface area contributed by atoms with E-state index in [2.05, 4.69) is 10.3 Å². The van der Waals surface area contributed by atoms with E-state index in [0.29, 0.717) is 22.9 Å². The van der Waals surface area contributed by atoms with Crippen LogP contribution in [0.5, 0.6) is 11.5 Å². The zero-order valence-corrected chi connectivity index (χ0v) is 11.0. The lowest BCUT2D eigenvalue weighted by Crippen LogP contribution is -2.00. The molecule has 1 aromatic carbocycles. The van der Waals surface area contributed by atoms with Gasteiger partial charge in [0.25, 0.3) is 6.01 Å². The first-order valence-corrected chi connectivity index (χ1v) is 5.77. The maximum Gasteiger partial charge on any atom is 0.309 e. The van der Waals surface area contributed by atoms with E-state index in [-0.39, 0.29) is 12.4 Å². The van der Waals surface area contributed by atoms with Gasteiger partial charge in [-0.05, 0) is 12.1 Å². The van der Waals surface area contributed by atoms with Crippen molar-refractivity contribution in [1.29, 1.82) is 0 Å². The maximum absolute atomic E-state index is 10.6. The van der Waals surface area contributed by atoms with Crippen LogP contribution in [0.15, 0.2) is 28.9 Å². The minimum atomic E-state index is -0.966. The van der Waals surface area contributed by atoms with E-state index >= 15 is 0 Å². The van der Waals surface area contributed by atoms with E-state index in [0.717, 1.165) is 0 Å². The number of carboxylic acid groups (broad SMARTS) is 1. The highest BCUT2D eigenvalue weighted by atomic mass is 16.5. The van der Waals surface area contributed by atoms with E-state index in [9.17, 15) is 4.79 Å². The molecule has 2 rings (SSSR count). The van der Waals surface area contributed by atoms with Crippen LogP contribution in [0.2, 0.25) is 0 Å². The summed E-state index contributed by atoms with van der Waals surface area (Å²) >= 11 is 0. The molecule has 0 aliphatic rings. The molecule has 2 N–H and O–H groups in total. The van der Waals surface area contributed by atoms with Gasteiger partial charge < -0.3 is 24.3 Å². The Labute approximate surface area is 115 Å². The van der Waals surface area contributed by atoms with Gasteiger partial charge in [0.1, 0.15) is 17.8 Å². The molecule has 7 nitrogen and oxygen atoms in total. The number of hydrogen-bond acceptors (Lipinski definition) is 6. The van der Waals surface area contributed by atoms with Crippen LogP contribution in [-0.4, -0.2) is 30.3 Å². The van der Waals surface area contributed by atoms with Gasteiger partial charge in [0.05, 0.1) is 32.0 Å². The number of hydrogen-bond donors (Lipinski definition) is 2. The molecule has 1 aromatic heterocycles. The number of benzene rings is 1. The molecule has 0 spiro atoms. The number of carboxylic acids is 1. The van der Waals surface area contributed by atoms with Gasteiger partial charge in [-0.1, -0.05) is 0 Å². The topological polar surface area (TPSA) is 93.8 Å². The van der Waals surface area contributed by atoms with Crippen molar-refractivity contribution in [3.8, 4) is 11.5 Å². The fourth-order valence-corrected chi connectivity index (χ4v) is 1.62. The summed E-state index contributed by atoms with van der Waals surface area (Å²) in [7, 11) is 3.10. The minimum absolute atomic E-state index is 0.190. The number of ether oxygens (including phenoxy) is 2. The van der Waals surface area contributed by atoms with Crippen molar-refractivity contribution in [2.75, 3.05) is 19.5 Å². The van der Waals surface area contributed by atoms with Gasteiger partial charge in [-0.3, -0.25) is 4.79 Å². The number of carbonyl (C=O) groups is 1. The monoisotopic (exact) mass is 278 g/mol. The van der Waals surface area contributed by atoms with Crippen LogP contribution in [-0.2, 0) is 11.2 Å². The number of aromatic nitrogens is 1. The molecule has 1 heterocycles. The first-order chi connectivity index (χ1) is 9.62. The Morgan fingerprint density at radius 1 is 1.40 bits per heavy atom. The van der Waals surface area contributed by atoms with E-state index < -0.39 is 5.97 Å². The maximum atomic E-state index is 10.6. The molecule has 0 bridgehead atoms. The molecule has 0 saturated carbocycles. The molecule has 0 unspecified atom stereocenters. The fraction of sp³-hybridized carbons (Fsp3) is 0.231. The molecular weight excluding hydrogens is 264 g/mol. The number of methoxy groups -OCH3 is 2. The highest BCUT2D eigenvalue weighted by Gasteiger charge is 2.10. The fourth-order valence-electron chi connectivity index (χ4n) is 1.62. The molecule has 7 heteroatoms. The van der Waals surface area contributed by atoms with Crippen molar-refractivity contribution in [3.05, 3.63) is 30.2 Å². The largest absolute Gasteiger partial charge is 0.497 e. The van der Waals surface area contributed by atoms with Gasteiger partial charge in [0.2, 0.25) is 0 Å². The number of rotatable bonds is 6. The van der Waals surface area contributed by atoms with E-state index in [1.807, 2.05) is 0 Å². The van der Waals surface area contributed by atoms with Crippen molar-refractivity contribution >= 4 is 17.7 Å². The quantitative estimate of drug-likeness (QED) is 0.835. The van der Waals surface area contributed by atoms with Crippen LogP contribution in [0.3, 0.4) is 0 Å². The molecule has 0 aliphatic heterocycles. The van der Waals surface area contributed by atoms with Gasteiger partial charge in [0.15, 0.2) is 0 Å². The van der Waals surface area contributed by atoms with Crippen molar-refractivity contribution in [2.45, 2.75) is 6.42 Å². The average Bonchev–Trinajstić information content (AvgIpc) is 2.85. The smallest absolute Gasteiger partial charge is 0.309 e. The SMILES string of the molecule is COc1ccc(Nc2nc(CC(=O)O)co2)c(OC)c1. The Kier molecular flexibility index (Phi) is 4.09. The van der Waals surface area contributed by atoms with Gasteiger partial charge in [-0.15, -0.1) is 0 Å². The Balaban J connectivity index is 2.17. The summed E-state index contributed by atoms with van der Waals surface area (Å²) in [4.78, 5) is 14.6. The summed E-state index contributed by atoms with van der Waals surface area (Å²) in [6.45, 7) is 0. The minimum Gasteiger partial charge on any atom is -0.497 e. The number of nitrogens with one attached hydrogen (secondary N) is 1. The molecule has 0 atom stereocenters. The third-order valence-corrected chi connectivity index (χ3v) is 2.53. The summed E-state index contributed by atoms with van der Waals surface area (Å²) < 4.78 is 15.5. The van der Waals surface area contributed by atoms with Gasteiger partial charge in [-0.25, -0.2) is 0 Å². The summed E-state index contributed by atoms with van der Waals surface area (Å²) in [6.07, 6.45) is 1.11. The third kappa shape index (κ3) is 3.19. The molecule has 0 fully saturated rings. The molecule has 0 aliphatic carbocycles. The number of oxazole rings is 1. The Morgan fingerprint density at radius 2 is 2.20 bits per heavy atom. The van der Waals surface area contributed by atoms with Crippen LogP contribution < -0.4 is 14.8 Å². The second-order valence-electron chi connectivity index (χ2n) is 3.91. The summed E-state index contributed by atoms with van der Waals surface area (Å²) in [5.41, 5.74) is 0.976. The number of aliphatic carboxylic acids is 1. The van der Waals surface area contributed by atoms with E-state index in [1.165, 1.54) is 13.4 Å². The normalized spacial score (nSPS) is 10.1. The number of nitrogens with zero attached hydrogens (tertiary/aromatic N) is 1. The molecular formula is C13H14N2O5. The van der Waals surface area contributed by atoms with Crippen LogP contribution in [0.4, 0.5) is 11.7 Å². The second-order valence-corrected chi connectivity index (χ2v) is 3.91. The van der Waals surface area contributed by atoms with Crippen LogP contribution in [0, 0.1) is 0 Å². The molecule has 0 amide bonds. The van der Waals surface area contributed by atoms with E-state index in [4.69, 9.17) is 19.0 Å². The summed E-state index contributed by atoms with van der Waals surface area (Å²) in [6, 6.07) is 5.42. The molecule has 0 saturated heterocycles.